The molecule has 3 rings (SSSR count). The Balaban J connectivity index is 1.74. The molecular formula is C23H25F3N2O. The van der Waals surface area contributed by atoms with Crippen LogP contribution < -0.4 is 5.32 Å². The molecular weight excluding hydrogens is 377 g/mol. The van der Waals surface area contributed by atoms with Gasteiger partial charge in [-0.2, -0.15) is 13.2 Å². The molecule has 0 radical (unpaired) electrons. The second kappa shape index (κ2) is 8.82. The van der Waals surface area contributed by atoms with E-state index in [-0.39, 0.29) is 6.04 Å². The molecule has 1 aliphatic carbocycles. The zero-order chi connectivity index (χ0) is 20.9. The summed E-state index contributed by atoms with van der Waals surface area (Å²) in [5.41, 5.74) is 1.40. The zero-order valence-electron chi connectivity index (χ0n) is 16.2. The number of carbonyl (C=O) groups is 1. The monoisotopic (exact) mass is 402 g/mol. The van der Waals surface area contributed by atoms with Crippen LogP contribution in [0.3, 0.4) is 0 Å². The first kappa shape index (κ1) is 21.1. The molecule has 0 unspecified atom stereocenters. The minimum absolute atomic E-state index is 0.0731. The van der Waals surface area contributed by atoms with Gasteiger partial charge < -0.3 is 5.32 Å². The Bertz CT molecular complexity index is 774. The number of amides is 1. The van der Waals surface area contributed by atoms with Crippen molar-refractivity contribution in [2.45, 2.75) is 50.1 Å². The van der Waals surface area contributed by atoms with E-state index < -0.39 is 17.6 Å². The summed E-state index contributed by atoms with van der Waals surface area (Å²) < 4.78 is 38.3. The number of hydrogen-bond acceptors (Lipinski definition) is 2. The predicted molar refractivity (Wildman–Crippen MR) is 107 cm³/mol. The topological polar surface area (TPSA) is 32.3 Å². The van der Waals surface area contributed by atoms with Crippen molar-refractivity contribution in [2.75, 3.05) is 0 Å². The van der Waals surface area contributed by atoms with Gasteiger partial charge in [0.25, 0.3) is 0 Å². The highest BCUT2D eigenvalue weighted by Gasteiger charge is 2.50. The van der Waals surface area contributed by atoms with Crippen molar-refractivity contribution >= 4 is 5.91 Å². The number of benzene rings is 2. The van der Waals surface area contributed by atoms with E-state index in [9.17, 15) is 18.0 Å². The number of hydrogen-bond donors (Lipinski definition) is 1. The number of alkyl halides is 3. The van der Waals surface area contributed by atoms with Gasteiger partial charge in [0.05, 0.1) is 0 Å². The number of rotatable bonds is 8. The van der Waals surface area contributed by atoms with Crippen LogP contribution in [-0.2, 0) is 17.9 Å². The molecule has 2 aromatic carbocycles. The lowest BCUT2D eigenvalue weighted by Crippen LogP contribution is -2.64. The Kier molecular flexibility index (Phi) is 6.42. The van der Waals surface area contributed by atoms with E-state index in [1.807, 2.05) is 60.7 Å². The molecule has 1 aliphatic rings. The molecule has 6 heteroatoms. The average Bonchev–Trinajstić information content (AvgIpc) is 2.66. The van der Waals surface area contributed by atoms with Crippen molar-refractivity contribution in [3.8, 4) is 0 Å². The van der Waals surface area contributed by atoms with E-state index in [0.717, 1.165) is 11.1 Å². The highest BCUT2D eigenvalue weighted by molar-refractivity contribution is 5.82. The van der Waals surface area contributed by atoms with Gasteiger partial charge >= 0.3 is 12.1 Å². The number of halogens is 3. The second-order valence-electron chi connectivity index (χ2n) is 7.66. The second-order valence-corrected chi connectivity index (χ2v) is 7.66. The van der Waals surface area contributed by atoms with Gasteiger partial charge in [-0.15, -0.1) is 6.58 Å². The summed E-state index contributed by atoms with van der Waals surface area (Å²) in [7, 11) is 0. The Hall–Kier alpha value is -2.60. The standard InChI is InChI=1S/C23H25F3N2O/c1-2-13-22(27-21(29)23(24,25)26)14-20(15-22)28(16-18-9-5-3-6-10-18)17-19-11-7-4-8-12-19/h2-12,20H,1,13-17H2,(H,27,29). The molecule has 1 fully saturated rings. The fraction of sp³-hybridized carbons (Fsp3) is 0.348. The van der Waals surface area contributed by atoms with E-state index in [1.165, 1.54) is 0 Å². The van der Waals surface area contributed by atoms with Crippen LogP contribution in [0.15, 0.2) is 73.3 Å². The van der Waals surface area contributed by atoms with Gasteiger partial charge in [-0.25, -0.2) is 0 Å². The van der Waals surface area contributed by atoms with Crippen LogP contribution >= 0.6 is 0 Å². The van der Waals surface area contributed by atoms with E-state index in [0.29, 0.717) is 32.4 Å². The quantitative estimate of drug-likeness (QED) is 0.641. The van der Waals surface area contributed by atoms with E-state index in [2.05, 4.69) is 16.8 Å². The lowest BCUT2D eigenvalue weighted by molar-refractivity contribution is -0.177. The Morgan fingerprint density at radius 2 is 1.52 bits per heavy atom. The summed E-state index contributed by atoms with van der Waals surface area (Å²) in [4.78, 5) is 13.8. The van der Waals surface area contributed by atoms with Gasteiger partial charge in [0.2, 0.25) is 0 Å². The summed E-state index contributed by atoms with van der Waals surface area (Å²) in [6.45, 7) is 5.04. The van der Waals surface area contributed by atoms with Crippen molar-refractivity contribution < 1.29 is 18.0 Å². The number of nitrogens with zero attached hydrogens (tertiary/aromatic N) is 1. The van der Waals surface area contributed by atoms with Gasteiger partial charge in [0.1, 0.15) is 0 Å². The summed E-state index contributed by atoms with van der Waals surface area (Å²) in [5, 5.41) is 2.22. The normalized spacial score (nSPS) is 21.4. The third kappa shape index (κ3) is 5.48. The molecule has 0 aromatic heterocycles. The number of carbonyl (C=O) groups excluding carboxylic acids is 1. The summed E-state index contributed by atoms with van der Waals surface area (Å²) in [6.07, 6.45) is -2.07. The van der Waals surface area contributed by atoms with Gasteiger partial charge in [0, 0.05) is 24.7 Å². The lowest BCUT2D eigenvalue weighted by atomic mass is 9.69. The van der Waals surface area contributed by atoms with Crippen LogP contribution in [0.5, 0.6) is 0 Å². The molecule has 0 atom stereocenters. The van der Waals surface area contributed by atoms with Crippen LogP contribution in [0.2, 0.25) is 0 Å². The van der Waals surface area contributed by atoms with Crippen LogP contribution in [0.25, 0.3) is 0 Å². The molecule has 0 aliphatic heterocycles. The summed E-state index contributed by atoms with van der Waals surface area (Å²) >= 11 is 0. The molecule has 1 N–H and O–H groups in total. The highest BCUT2D eigenvalue weighted by atomic mass is 19.4. The Morgan fingerprint density at radius 1 is 1.03 bits per heavy atom. The molecule has 0 heterocycles. The first-order valence-corrected chi connectivity index (χ1v) is 9.63. The average molecular weight is 402 g/mol. The van der Waals surface area contributed by atoms with Gasteiger partial charge in [-0.3, -0.25) is 9.69 Å². The molecule has 29 heavy (non-hydrogen) atoms. The van der Waals surface area contributed by atoms with Crippen LogP contribution in [0.4, 0.5) is 13.2 Å². The summed E-state index contributed by atoms with van der Waals surface area (Å²) in [5.74, 6) is -1.88. The molecule has 1 amide bonds. The van der Waals surface area contributed by atoms with Gasteiger partial charge in [-0.1, -0.05) is 66.7 Å². The van der Waals surface area contributed by atoms with E-state index >= 15 is 0 Å². The first-order chi connectivity index (χ1) is 13.8. The minimum atomic E-state index is -4.88. The fourth-order valence-electron chi connectivity index (χ4n) is 3.96. The third-order valence-electron chi connectivity index (χ3n) is 5.40. The molecule has 1 saturated carbocycles. The maximum Gasteiger partial charge on any atom is 0.471 e. The molecule has 154 valence electrons. The third-order valence-corrected chi connectivity index (χ3v) is 5.40. The smallest absolute Gasteiger partial charge is 0.342 e. The molecule has 2 aromatic rings. The zero-order valence-corrected chi connectivity index (χ0v) is 16.2. The Labute approximate surface area is 169 Å². The first-order valence-electron chi connectivity index (χ1n) is 9.63. The maximum absolute atomic E-state index is 12.8. The highest BCUT2D eigenvalue weighted by Crippen LogP contribution is 2.40. The molecule has 0 bridgehead atoms. The van der Waals surface area contributed by atoms with Crippen LogP contribution in [-0.4, -0.2) is 28.6 Å². The molecule has 0 saturated heterocycles. The number of nitrogens with one attached hydrogen (secondary N) is 1. The van der Waals surface area contributed by atoms with Crippen molar-refractivity contribution in [3.63, 3.8) is 0 Å². The SMILES string of the molecule is C=CCC1(NC(=O)C(F)(F)F)CC(N(Cc2ccccc2)Cc2ccccc2)C1. The van der Waals surface area contributed by atoms with E-state index in [4.69, 9.17) is 0 Å². The van der Waals surface area contributed by atoms with Gasteiger partial charge in [0.15, 0.2) is 0 Å². The summed E-state index contributed by atoms with van der Waals surface area (Å²) in [6, 6.07) is 20.0. The van der Waals surface area contributed by atoms with E-state index in [1.54, 1.807) is 6.08 Å². The van der Waals surface area contributed by atoms with Crippen LogP contribution in [0, 0.1) is 0 Å². The molecule has 0 spiro atoms. The minimum Gasteiger partial charge on any atom is -0.342 e. The van der Waals surface area contributed by atoms with Crippen molar-refractivity contribution in [1.82, 2.24) is 10.2 Å². The lowest BCUT2D eigenvalue weighted by Gasteiger charge is -2.52. The molecule has 3 nitrogen and oxygen atoms in total. The van der Waals surface area contributed by atoms with Gasteiger partial charge in [-0.05, 0) is 30.4 Å². The fourth-order valence-corrected chi connectivity index (χ4v) is 3.96. The maximum atomic E-state index is 12.8. The van der Waals surface area contributed by atoms with Crippen LogP contribution in [0.1, 0.15) is 30.4 Å². The largest absolute Gasteiger partial charge is 0.471 e. The van der Waals surface area contributed by atoms with Crippen molar-refractivity contribution in [3.05, 3.63) is 84.4 Å². The Morgan fingerprint density at radius 3 is 1.93 bits per heavy atom. The van der Waals surface area contributed by atoms with Crippen molar-refractivity contribution in [1.29, 1.82) is 0 Å². The van der Waals surface area contributed by atoms with Crippen molar-refractivity contribution in [2.24, 2.45) is 0 Å². The predicted octanol–water partition coefficient (Wildman–Crippen LogP) is 4.84.